The lowest BCUT2D eigenvalue weighted by Crippen LogP contribution is -2.48. The molecule has 3 rings (SSSR count). The summed E-state index contributed by atoms with van der Waals surface area (Å²) >= 11 is 0. The quantitative estimate of drug-likeness (QED) is 0.813. The molecule has 1 aliphatic rings. The Morgan fingerprint density at radius 2 is 1.74 bits per heavy atom. The number of hydrogen-bond acceptors (Lipinski definition) is 2. The van der Waals surface area contributed by atoms with Gasteiger partial charge < -0.3 is 9.80 Å². The first-order valence-corrected chi connectivity index (χ1v) is 7.66. The van der Waals surface area contributed by atoms with Crippen LogP contribution < -0.4 is 9.88 Å². The number of aromatic amines is 1. The molecule has 1 amide bonds. The lowest BCUT2D eigenvalue weighted by atomic mass is 10.2. The maximum atomic E-state index is 13.5. The first kappa shape index (κ1) is 15.2. The van der Waals surface area contributed by atoms with Crippen LogP contribution in [0.5, 0.6) is 0 Å². The summed E-state index contributed by atoms with van der Waals surface area (Å²) < 4.78 is 13.5. The fourth-order valence-electron chi connectivity index (χ4n) is 2.65. The minimum absolute atomic E-state index is 0.0747. The van der Waals surface area contributed by atoms with Crippen LogP contribution in [0.15, 0.2) is 54.9 Å². The monoisotopic (exact) mass is 312 g/mol. The van der Waals surface area contributed by atoms with Gasteiger partial charge in [0.2, 0.25) is 5.91 Å². The van der Waals surface area contributed by atoms with Gasteiger partial charge in [-0.15, -0.1) is 0 Å². The number of benzene rings is 1. The number of nitrogens with zero attached hydrogens (tertiary/aromatic N) is 2. The molecule has 4 nitrogen and oxygen atoms in total. The zero-order valence-corrected chi connectivity index (χ0v) is 12.8. The summed E-state index contributed by atoms with van der Waals surface area (Å²) in [5, 5.41) is 0. The Balaban J connectivity index is 1.57. The summed E-state index contributed by atoms with van der Waals surface area (Å²) in [5.41, 5.74) is 1.58. The molecule has 0 radical (unpaired) electrons. The lowest BCUT2D eigenvalue weighted by molar-refractivity contribution is -0.377. The SMILES string of the molecule is O=C(/C=C/c1ccccc1F)N1CCN(c2cc[nH+]cc2)CC1. The predicted octanol–water partition coefficient (Wildman–Crippen LogP) is 2.00. The molecule has 5 heteroatoms. The molecular weight excluding hydrogens is 293 g/mol. The molecule has 1 aromatic carbocycles. The second kappa shape index (κ2) is 7.05. The summed E-state index contributed by atoms with van der Waals surface area (Å²) in [7, 11) is 0. The number of nitrogens with one attached hydrogen (secondary N) is 1. The number of rotatable bonds is 3. The first-order valence-electron chi connectivity index (χ1n) is 7.66. The number of hydrogen-bond donors (Lipinski definition) is 0. The Kier molecular flexibility index (Phi) is 4.66. The summed E-state index contributed by atoms with van der Waals surface area (Å²) in [5.74, 6) is -0.392. The molecule has 0 aliphatic carbocycles. The van der Waals surface area contributed by atoms with Crippen molar-refractivity contribution in [3.63, 3.8) is 0 Å². The third kappa shape index (κ3) is 3.74. The number of carbonyl (C=O) groups is 1. The van der Waals surface area contributed by atoms with Crippen LogP contribution in [0.1, 0.15) is 5.56 Å². The summed E-state index contributed by atoms with van der Waals surface area (Å²) in [6.07, 6.45) is 6.77. The Morgan fingerprint density at radius 1 is 1.04 bits per heavy atom. The second-order valence-electron chi connectivity index (χ2n) is 5.43. The van der Waals surface area contributed by atoms with Gasteiger partial charge in [0, 0.05) is 55.6 Å². The highest BCUT2D eigenvalue weighted by molar-refractivity contribution is 5.92. The highest BCUT2D eigenvalue weighted by Crippen LogP contribution is 2.14. The standard InChI is InChI=1S/C18H18FN3O/c19-17-4-2-1-3-15(17)5-6-18(23)22-13-11-21(12-14-22)16-7-9-20-10-8-16/h1-10H,11-14H2/p+1/b6-5+. The molecule has 1 fully saturated rings. The van der Waals surface area contributed by atoms with E-state index in [2.05, 4.69) is 9.88 Å². The number of piperazine rings is 1. The van der Waals surface area contributed by atoms with Crippen LogP contribution in [0.2, 0.25) is 0 Å². The number of carbonyl (C=O) groups excluding carboxylic acids is 1. The van der Waals surface area contributed by atoms with E-state index in [1.54, 1.807) is 23.1 Å². The van der Waals surface area contributed by atoms with Gasteiger partial charge >= 0.3 is 0 Å². The number of halogens is 1. The molecule has 2 heterocycles. The van der Waals surface area contributed by atoms with Crippen LogP contribution in [0.4, 0.5) is 10.1 Å². The van der Waals surface area contributed by atoms with Crippen molar-refractivity contribution in [1.82, 2.24) is 4.90 Å². The largest absolute Gasteiger partial charge is 0.368 e. The van der Waals surface area contributed by atoms with Gasteiger partial charge in [-0.2, -0.15) is 0 Å². The smallest absolute Gasteiger partial charge is 0.246 e. The van der Waals surface area contributed by atoms with Gasteiger partial charge in [0.25, 0.3) is 0 Å². The minimum Gasteiger partial charge on any atom is -0.368 e. The molecule has 1 aliphatic heterocycles. The molecule has 23 heavy (non-hydrogen) atoms. The maximum absolute atomic E-state index is 13.5. The van der Waals surface area contributed by atoms with E-state index in [1.807, 2.05) is 24.5 Å². The lowest BCUT2D eigenvalue weighted by Gasteiger charge is -2.35. The maximum Gasteiger partial charge on any atom is 0.246 e. The van der Waals surface area contributed by atoms with Gasteiger partial charge in [-0.25, -0.2) is 9.37 Å². The van der Waals surface area contributed by atoms with E-state index in [4.69, 9.17) is 0 Å². The highest BCUT2D eigenvalue weighted by atomic mass is 19.1. The third-order valence-corrected chi connectivity index (χ3v) is 3.97. The molecule has 0 unspecified atom stereocenters. The number of anilines is 1. The molecule has 1 aromatic heterocycles. The van der Waals surface area contributed by atoms with E-state index < -0.39 is 0 Å². The molecule has 1 N–H and O–H groups in total. The van der Waals surface area contributed by atoms with Crippen molar-refractivity contribution in [3.8, 4) is 0 Å². The van der Waals surface area contributed by atoms with E-state index in [9.17, 15) is 9.18 Å². The first-order chi connectivity index (χ1) is 11.2. The number of H-pyrrole nitrogens is 1. The van der Waals surface area contributed by atoms with Crippen molar-refractivity contribution in [2.24, 2.45) is 0 Å². The molecule has 0 bridgehead atoms. The van der Waals surface area contributed by atoms with Gasteiger partial charge in [-0.1, -0.05) is 18.2 Å². The topological polar surface area (TPSA) is 37.7 Å². The Morgan fingerprint density at radius 3 is 2.43 bits per heavy atom. The van der Waals surface area contributed by atoms with Gasteiger partial charge in [-0.3, -0.25) is 4.79 Å². The van der Waals surface area contributed by atoms with Crippen molar-refractivity contribution >= 4 is 17.7 Å². The van der Waals surface area contributed by atoms with E-state index >= 15 is 0 Å². The van der Waals surface area contributed by atoms with Crippen LogP contribution in [0.25, 0.3) is 6.08 Å². The molecule has 0 atom stereocenters. The molecule has 2 aromatic rings. The van der Waals surface area contributed by atoms with E-state index in [0.717, 1.165) is 18.8 Å². The molecule has 118 valence electrons. The van der Waals surface area contributed by atoms with Crippen LogP contribution in [-0.2, 0) is 4.79 Å². The fraction of sp³-hybridized carbons (Fsp3) is 0.222. The molecule has 0 spiro atoms. The normalized spacial score (nSPS) is 15.2. The number of aromatic nitrogens is 1. The number of pyridine rings is 1. The van der Waals surface area contributed by atoms with E-state index in [1.165, 1.54) is 18.2 Å². The zero-order valence-electron chi connectivity index (χ0n) is 12.8. The van der Waals surface area contributed by atoms with Gasteiger partial charge in [0.05, 0.1) is 0 Å². The van der Waals surface area contributed by atoms with Crippen molar-refractivity contribution < 1.29 is 14.2 Å². The third-order valence-electron chi connectivity index (χ3n) is 3.97. The summed E-state index contributed by atoms with van der Waals surface area (Å²) in [6.45, 7) is 2.92. The van der Waals surface area contributed by atoms with Gasteiger partial charge in [0.15, 0.2) is 12.4 Å². The van der Waals surface area contributed by atoms with Crippen molar-refractivity contribution in [2.45, 2.75) is 0 Å². The average Bonchev–Trinajstić information content (AvgIpc) is 2.62. The molecule has 1 saturated heterocycles. The Hall–Kier alpha value is -2.69. The Labute approximate surface area is 134 Å². The van der Waals surface area contributed by atoms with Crippen LogP contribution in [-0.4, -0.2) is 37.0 Å². The van der Waals surface area contributed by atoms with Gasteiger partial charge in [0.1, 0.15) is 5.82 Å². The zero-order chi connectivity index (χ0) is 16.1. The number of amides is 1. The average molecular weight is 312 g/mol. The second-order valence-corrected chi connectivity index (χ2v) is 5.43. The predicted molar refractivity (Wildman–Crippen MR) is 87.2 cm³/mol. The van der Waals surface area contributed by atoms with Crippen LogP contribution in [0.3, 0.4) is 0 Å². The van der Waals surface area contributed by atoms with Crippen molar-refractivity contribution in [1.29, 1.82) is 0 Å². The molecular formula is C18H19FN3O+. The van der Waals surface area contributed by atoms with Crippen molar-refractivity contribution in [2.75, 3.05) is 31.1 Å². The van der Waals surface area contributed by atoms with E-state index in [-0.39, 0.29) is 11.7 Å². The Bertz CT molecular complexity index is 694. The van der Waals surface area contributed by atoms with Crippen LogP contribution in [0, 0.1) is 5.82 Å². The fourth-order valence-corrected chi connectivity index (χ4v) is 2.65. The van der Waals surface area contributed by atoms with Crippen molar-refractivity contribution in [3.05, 3.63) is 66.2 Å². The van der Waals surface area contributed by atoms with Gasteiger partial charge in [-0.05, 0) is 12.1 Å². The summed E-state index contributed by atoms with van der Waals surface area (Å²) in [4.78, 5) is 19.3. The molecule has 0 saturated carbocycles. The highest BCUT2D eigenvalue weighted by Gasteiger charge is 2.20. The van der Waals surface area contributed by atoms with Crippen LogP contribution >= 0.6 is 0 Å². The minimum atomic E-state index is -0.317. The van der Waals surface area contributed by atoms with E-state index in [0.29, 0.717) is 18.7 Å². The summed E-state index contributed by atoms with van der Waals surface area (Å²) in [6, 6.07) is 10.5.